The number of hydrogen-bond acceptors (Lipinski definition) is 7. The van der Waals surface area contributed by atoms with Gasteiger partial charge in [-0.2, -0.15) is 4.98 Å². The van der Waals surface area contributed by atoms with E-state index in [0.717, 1.165) is 50.3 Å². The molecule has 1 fully saturated rings. The van der Waals surface area contributed by atoms with E-state index >= 15 is 0 Å². The zero-order valence-corrected chi connectivity index (χ0v) is 20.0. The van der Waals surface area contributed by atoms with Gasteiger partial charge in [-0.05, 0) is 69.7 Å². The van der Waals surface area contributed by atoms with Crippen LogP contribution in [0.25, 0.3) is 0 Å². The summed E-state index contributed by atoms with van der Waals surface area (Å²) in [5, 5.41) is 21.4. The lowest BCUT2D eigenvalue weighted by molar-refractivity contribution is -0.384. The van der Waals surface area contributed by atoms with Gasteiger partial charge >= 0.3 is 0 Å². The molecule has 0 saturated heterocycles. The number of nitro benzene ring substituents is 1. The average Bonchev–Trinajstić information content (AvgIpc) is 2.80. The summed E-state index contributed by atoms with van der Waals surface area (Å²) < 4.78 is 0. The highest BCUT2D eigenvalue weighted by Crippen LogP contribution is 2.29. The van der Waals surface area contributed by atoms with E-state index in [-0.39, 0.29) is 11.7 Å². The van der Waals surface area contributed by atoms with Crippen molar-refractivity contribution in [2.45, 2.75) is 63.5 Å². The van der Waals surface area contributed by atoms with Crippen molar-refractivity contribution >= 4 is 40.5 Å². The van der Waals surface area contributed by atoms with E-state index in [1.165, 1.54) is 36.2 Å². The van der Waals surface area contributed by atoms with Crippen LogP contribution in [0.3, 0.4) is 0 Å². The molecule has 0 spiro atoms. The number of thiocarbonyl (C=S) groups is 1. The molecule has 4 rings (SSSR count). The number of nitrogens with one attached hydrogen (secondary N) is 3. The van der Waals surface area contributed by atoms with E-state index in [4.69, 9.17) is 22.2 Å². The monoisotopic (exact) mass is 469 g/mol. The van der Waals surface area contributed by atoms with Gasteiger partial charge in [0, 0.05) is 49.6 Å². The van der Waals surface area contributed by atoms with Crippen LogP contribution < -0.4 is 20.9 Å². The minimum atomic E-state index is -0.413. The number of rotatable bonds is 6. The summed E-state index contributed by atoms with van der Waals surface area (Å²) in [4.78, 5) is 22.3. The maximum atomic E-state index is 11.0. The number of aryl methyl sites for hydroxylation is 1. The second-order valence-corrected chi connectivity index (χ2v) is 9.40. The van der Waals surface area contributed by atoms with Crippen LogP contribution in [0.4, 0.5) is 23.1 Å². The summed E-state index contributed by atoms with van der Waals surface area (Å²) in [6.45, 7) is 0. The van der Waals surface area contributed by atoms with E-state index in [2.05, 4.69) is 20.9 Å². The predicted octanol–water partition coefficient (Wildman–Crippen LogP) is 4.04. The van der Waals surface area contributed by atoms with E-state index in [0.29, 0.717) is 16.8 Å². The first-order valence-electron chi connectivity index (χ1n) is 11.5. The molecule has 0 amide bonds. The van der Waals surface area contributed by atoms with Gasteiger partial charge in [0.15, 0.2) is 5.11 Å². The predicted molar refractivity (Wildman–Crippen MR) is 135 cm³/mol. The van der Waals surface area contributed by atoms with Gasteiger partial charge in [0.2, 0.25) is 5.95 Å². The molecule has 1 aromatic heterocycles. The van der Waals surface area contributed by atoms with E-state index in [1.54, 1.807) is 12.1 Å². The zero-order chi connectivity index (χ0) is 23.4. The number of anilines is 3. The molecule has 0 radical (unpaired) electrons. The molecule has 0 aliphatic heterocycles. The molecular formula is C23H31N7O2S. The maximum absolute atomic E-state index is 11.0. The first-order valence-corrected chi connectivity index (χ1v) is 12.0. The lowest BCUT2D eigenvalue weighted by Crippen LogP contribution is -2.42. The van der Waals surface area contributed by atoms with Crippen molar-refractivity contribution in [2.24, 2.45) is 0 Å². The maximum Gasteiger partial charge on any atom is 0.271 e. The Morgan fingerprint density at radius 2 is 1.85 bits per heavy atom. The highest BCUT2D eigenvalue weighted by atomic mass is 32.1. The molecule has 2 aromatic rings. The van der Waals surface area contributed by atoms with Crippen LogP contribution in [-0.2, 0) is 12.8 Å². The number of fused-ring (bicyclic) bond motifs is 1. The quantitative estimate of drug-likeness (QED) is 0.328. The fraction of sp³-hybridized carbons (Fsp3) is 0.522. The van der Waals surface area contributed by atoms with Crippen molar-refractivity contribution in [2.75, 3.05) is 29.6 Å². The van der Waals surface area contributed by atoms with Crippen LogP contribution in [0.15, 0.2) is 24.3 Å². The summed E-state index contributed by atoms with van der Waals surface area (Å²) in [6.07, 6.45) is 8.42. The normalized spacial score (nSPS) is 19.8. The zero-order valence-electron chi connectivity index (χ0n) is 19.1. The number of hydrogen-bond donors (Lipinski definition) is 3. The third-order valence-electron chi connectivity index (χ3n) is 6.30. The Labute approximate surface area is 199 Å². The fourth-order valence-electron chi connectivity index (χ4n) is 4.62. The molecule has 0 atom stereocenters. The minimum Gasteiger partial charge on any atom is -0.362 e. The van der Waals surface area contributed by atoms with Gasteiger partial charge in [0.25, 0.3) is 5.69 Å². The number of aromatic nitrogens is 2. The Balaban J connectivity index is 1.29. The number of non-ortho nitro benzene ring substituents is 1. The fourth-order valence-corrected chi connectivity index (χ4v) is 4.91. The van der Waals surface area contributed by atoms with Crippen LogP contribution in [-0.4, -0.2) is 46.2 Å². The Kier molecular flexibility index (Phi) is 7.22. The van der Waals surface area contributed by atoms with Gasteiger partial charge in [0.1, 0.15) is 5.82 Å². The minimum absolute atomic E-state index is 0.0382. The standard InChI is InChI=1S/C23H31N7O2S/c1-29(2)21-19-8-3-4-9-20(19)27-22(28-21)24-15-10-12-16(13-11-15)25-23(33)26-17-6-5-7-18(14-17)30(31)32/h5-7,14-16H,3-4,8-13H2,1-2H3,(H,24,27,28)(H2,25,26,33)/t15-,16+. The van der Waals surface area contributed by atoms with Crippen LogP contribution in [0, 0.1) is 10.1 Å². The molecule has 0 unspecified atom stereocenters. The van der Waals surface area contributed by atoms with Crippen LogP contribution in [0.5, 0.6) is 0 Å². The summed E-state index contributed by atoms with van der Waals surface area (Å²) in [7, 11) is 4.09. The molecular weight excluding hydrogens is 438 g/mol. The molecule has 2 aliphatic rings. The van der Waals surface area contributed by atoms with Crippen molar-refractivity contribution in [3.63, 3.8) is 0 Å². The summed E-state index contributed by atoms with van der Waals surface area (Å²) >= 11 is 5.42. The second kappa shape index (κ2) is 10.3. The van der Waals surface area contributed by atoms with Gasteiger partial charge in [-0.15, -0.1) is 0 Å². The van der Waals surface area contributed by atoms with Gasteiger partial charge in [-0.3, -0.25) is 10.1 Å². The Morgan fingerprint density at radius 3 is 2.58 bits per heavy atom. The van der Waals surface area contributed by atoms with Crippen molar-refractivity contribution in [1.29, 1.82) is 0 Å². The molecule has 176 valence electrons. The number of nitrogens with zero attached hydrogens (tertiary/aromatic N) is 4. The van der Waals surface area contributed by atoms with Crippen molar-refractivity contribution < 1.29 is 4.92 Å². The summed E-state index contributed by atoms with van der Waals surface area (Å²) in [5.74, 6) is 1.77. The summed E-state index contributed by atoms with van der Waals surface area (Å²) in [5.41, 5.74) is 3.14. The lowest BCUT2D eigenvalue weighted by Gasteiger charge is -2.31. The molecule has 1 saturated carbocycles. The Bertz CT molecular complexity index is 1020. The molecule has 1 aromatic carbocycles. The van der Waals surface area contributed by atoms with Gasteiger partial charge in [-0.1, -0.05) is 6.07 Å². The molecule has 9 nitrogen and oxygen atoms in total. The number of benzene rings is 1. The smallest absolute Gasteiger partial charge is 0.271 e. The second-order valence-electron chi connectivity index (χ2n) is 9.00. The van der Waals surface area contributed by atoms with Crippen LogP contribution >= 0.6 is 12.2 Å². The van der Waals surface area contributed by atoms with Gasteiger partial charge in [0.05, 0.1) is 10.6 Å². The molecule has 1 heterocycles. The van der Waals surface area contributed by atoms with E-state index < -0.39 is 4.92 Å². The Hall–Kier alpha value is -3.01. The first kappa shape index (κ1) is 23.2. The van der Waals surface area contributed by atoms with Crippen LogP contribution in [0.1, 0.15) is 49.8 Å². The summed E-state index contributed by atoms with van der Waals surface area (Å²) in [6, 6.07) is 6.95. The van der Waals surface area contributed by atoms with Gasteiger partial charge in [-0.25, -0.2) is 4.98 Å². The van der Waals surface area contributed by atoms with Crippen LogP contribution in [0.2, 0.25) is 0 Å². The largest absolute Gasteiger partial charge is 0.362 e. The van der Waals surface area contributed by atoms with E-state index in [9.17, 15) is 10.1 Å². The third kappa shape index (κ3) is 5.87. The first-order chi connectivity index (χ1) is 15.9. The molecule has 3 N–H and O–H groups in total. The van der Waals surface area contributed by atoms with Gasteiger partial charge < -0.3 is 20.9 Å². The number of nitro groups is 1. The van der Waals surface area contributed by atoms with E-state index in [1.807, 2.05) is 14.1 Å². The molecule has 33 heavy (non-hydrogen) atoms. The van der Waals surface area contributed by atoms with Crippen molar-refractivity contribution in [1.82, 2.24) is 15.3 Å². The SMILES string of the molecule is CN(C)c1nc(N[C@H]2CC[C@@H](NC(=S)Nc3cccc([N+](=O)[O-])c3)CC2)nc2c1CCCC2. The third-order valence-corrected chi connectivity index (χ3v) is 6.52. The topological polar surface area (TPSA) is 108 Å². The molecule has 2 aliphatic carbocycles. The highest BCUT2D eigenvalue weighted by molar-refractivity contribution is 7.80. The highest BCUT2D eigenvalue weighted by Gasteiger charge is 2.24. The Morgan fingerprint density at radius 1 is 1.12 bits per heavy atom. The average molecular weight is 470 g/mol. The molecule has 10 heteroatoms. The lowest BCUT2D eigenvalue weighted by atomic mass is 9.91. The van der Waals surface area contributed by atoms with Crippen molar-refractivity contribution in [3.8, 4) is 0 Å². The molecule has 0 bridgehead atoms. The van der Waals surface area contributed by atoms with Crippen molar-refractivity contribution in [3.05, 3.63) is 45.6 Å².